The molecule has 2 rings (SSSR count). The summed E-state index contributed by atoms with van der Waals surface area (Å²) in [7, 11) is -1.84. The molecule has 1 aliphatic heterocycles. The largest absolute Gasteiger partial charge is 0.414 e. The lowest BCUT2D eigenvalue weighted by atomic mass is 9.95. The summed E-state index contributed by atoms with van der Waals surface area (Å²) in [6.07, 6.45) is 0.604. The summed E-state index contributed by atoms with van der Waals surface area (Å²) in [4.78, 5) is 13.8. The maximum atomic E-state index is 11.9. The molecule has 5 heteroatoms. The SMILES string of the molecule is CC(C)(C)[Si](C)(C)OC[C@@H](O)C[C@@H]1CC(=O)N1Cc1ccccc1. The molecule has 1 fully saturated rings. The Balaban J connectivity index is 1.83. The Morgan fingerprint density at radius 2 is 1.92 bits per heavy atom. The molecule has 2 atom stereocenters. The number of amides is 1. The van der Waals surface area contributed by atoms with Gasteiger partial charge < -0.3 is 14.4 Å². The van der Waals surface area contributed by atoms with Gasteiger partial charge in [0, 0.05) is 19.0 Å². The van der Waals surface area contributed by atoms with Crippen molar-refractivity contribution in [2.75, 3.05) is 6.61 Å². The molecule has 24 heavy (non-hydrogen) atoms. The summed E-state index contributed by atoms with van der Waals surface area (Å²) in [5.41, 5.74) is 1.13. The number of rotatable bonds is 7. The highest BCUT2D eigenvalue weighted by molar-refractivity contribution is 6.74. The molecule has 0 aromatic heterocycles. The van der Waals surface area contributed by atoms with Crippen LogP contribution in [0, 0.1) is 0 Å². The summed E-state index contributed by atoms with van der Waals surface area (Å²) in [5, 5.41) is 10.5. The van der Waals surface area contributed by atoms with Crippen LogP contribution < -0.4 is 0 Å². The number of β-lactam (4-membered cyclic amide) rings is 1. The molecule has 0 saturated carbocycles. The minimum Gasteiger partial charge on any atom is -0.414 e. The molecule has 0 spiro atoms. The molecule has 1 amide bonds. The Bertz CT molecular complexity index is 553. The number of nitrogens with zero attached hydrogens (tertiary/aromatic N) is 1. The van der Waals surface area contributed by atoms with Gasteiger partial charge in [0.2, 0.25) is 5.91 Å². The van der Waals surface area contributed by atoms with Crippen LogP contribution >= 0.6 is 0 Å². The second kappa shape index (κ2) is 7.38. The molecule has 1 heterocycles. The van der Waals surface area contributed by atoms with Crippen molar-refractivity contribution in [2.45, 2.75) is 70.4 Å². The van der Waals surface area contributed by atoms with Crippen molar-refractivity contribution in [2.24, 2.45) is 0 Å². The fourth-order valence-corrected chi connectivity index (χ4v) is 3.67. The maximum absolute atomic E-state index is 11.9. The van der Waals surface area contributed by atoms with E-state index in [1.807, 2.05) is 35.2 Å². The summed E-state index contributed by atoms with van der Waals surface area (Å²) < 4.78 is 6.09. The minimum atomic E-state index is -1.84. The van der Waals surface area contributed by atoms with E-state index in [9.17, 15) is 9.90 Å². The number of aliphatic hydroxyl groups is 1. The first-order valence-electron chi connectivity index (χ1n) is 8.75. The third-order valence-corrected chi connectivity index (χ3v) is 9.85. The first-order valence-corrected chi connectivity index (χ1v) is 11.7. The Morgan fingerprint density at radius 3 is 2.46 bits per heavy atom. The van der Waals surface area contributed by atoms with Crippen molar-refractivity contribution in [3.8, 4) is 0 Å². The Labute approximate surface area is 147 Å². The molecule has 1 aromatic carbocycles. The van der Waals surface area contributed by atoms with Crippen LogP contribution in [-0.4, -0.2) is 43.0 Å². The summed E-state index contributed by atoms with van der Waals surface area (Å²) >= 11 is 0. The van der Waals surface area contributed by atoms with E-state index in [4.69, 9.17) is 4.43 Å². The van der Waals surface area contributed by atoms with Gasteiger partial charge in [0.1, 0.15) is 0 Å². The summed E-state index contributed by atoms with van der Waals surface area (Å²) in [6.45, 7) is 11.9. The van der Waals surface area contributed by atoms with Crippen molar-refractivity contribution >= 4 is 14.2 Å². The van der Waals surface area contributed by atoms with Crippen molar-refractivity contribution in [3.05, 3.63) is 35.9 Å². The molecule has 0 unspecified atom stereocenters. The van der Waals surface area contributed by atoms with Gasteiger partial charge in [0.05, 0.1) is 12.7 Å². The summed E-state index contributed by atoms with van der Waals surface area (Å²) in [6, 6.07) is 10.1. The van der Waals surface area contributed by atoms with E-state index in [1.165, 1.54) is 0 Å². The molecule has 134 valence electrons. The van der Waals surface area contributed by atoms with E-state index in [0.29, 0.717) is 26.0 Å². The van der Waals surface area contributed by atoms with Crippen LogP contribution in [0.5, 0.6) is 0 Å². The Morgan fingerprint density at radius 1 is 1.29 bits per heavy atom. The highest BCUT2D eigenvalue weighted by atomic mass is 28.4. The quantitative estimate of drug-likeness (QED) is 0.605. The third-order valence-electron chi connectivity index (χ3n) is 5.35. The zero-order valence-corrected chi connectivity index (χ0v) is 16.6. The van der Waals surface area contributed by atoms with Crippen molar-refractivity contribution in [1.82, 2.24) is 4.90 Å². The van der Waals surface area contributed by atoms with Crippen LogP contribution in [0.3, 0.4) is 0 Å². The number of hydrogen-bond donors (Lipinski definition) is 1. The molecule has 0 aliphatic carbocycles. The normalized spacial score (nSPS) is 20.0. The summed E-state index contributed by atoms with van der Waals surface area (Å²) in [5.74, 6) is 0.168. The first-order chi connectivity index (χ1) is 11.1. The highest BCUT2D eigenvalue weighted by Crippen LogP contribution is 2.36. The molecule has 1 aromatic rings. The molecule has 4 nitrogen and oxygen atoms in total. The van der Waals surface area contributed by atoms with E-state index in [1.54, 1.807) is 0 Å². The van der Waals surface area contributed by atoms with Gasteiger partial charge >= 0.3 is 0 Å². The Hall–Kier alpha value is -1.17. The highest BCUT2D eigenvalue weighted by Gasteiger charge is 2.39. The predicted octanol–water partition coefficient (Wildman–Crippen LogP) is 3.56. The lowest BCUT2D eigenvalue weighted by molar-refractivity contribution is -0.148. The molecule has 1 N–H and O–H groups in total. The van der Waals surface area contributed by atoms with Crippen LogP contribution in [0.2, 0.25) is 18.1 Å². The van der Waals surface area contributed by atoms with Crippen LogP contribution in [0.15, 0.2) is 30.3 Å². The van der Waals surface area contributed by atoms with E-state index < -0.39 is 14.4 Å². The third kappa shape index (κ3) is 4.68. The van der Waals surface area contributed by atoms with E-state index in [2.05, 4.69) is 33.9 Å². The van der Waals surface area contributed by atoms with Gasteiger partial charge in [0.25, 0.3) is 0 Å². The molecule has 1 saturated heterocycles. The lowest BCUT2D eigenvalue weighted by Gasteiger charge is -2.42. The van der Waals surface area contributed by atoms with Gasteiger partial charge in [0.15, 0.2) is 8.32 Å². The maximum Gasteiger partial charge on any atom is 0.225 e. The Kier molecular flexibility index (Phi) is 5.89. The van der Waals surface area contributed by atoms with Crippen LogP contribution in [-0.2, 0) is 15.8 Å². The molecule has 1 aliphatic rings. The average molecular weight is 350 g/mol. The number of carbonyl (C=O) groups is 1. The first kappa shape index (κ1) is 19.2. The van der Waals surface area contributed by atoms with Crippen molar-refractivity contribution in [1.29, 1.82) is 0 Å². The second-order valence-electron chi connectivity index (χ2n) is 8.33. The number of aliphatic hydroxyl groups excluding tert-OH is 1. The van der Waals surface area contributed by atoms with Gasteiger partial charge in [-0.1, -0.05) is 51.1 Å². The fourth-order valence-electron chi connectivity index (χ4n) is 2.63. The van der Waals surface area contributed by atoms with Crippen LogP contribution in [0.1, 0.15) is 39.2 Å². The van der Waals surface area contributed by atoms with Gasteiger partial charge in [-0.25, -0.2) is 0 Å². The molecule has 0 radical (unpaired) electrons. The molecule has 0 bridgehead atoms. The van der Waals surface area contributed by atoms with E-state index in [-0.39, 0.29) is 17.0 Å². The average Bonchev–Trinajstić information content (AvgIpc) is 2.50. The lowest BCUT2D eigenvalue weighted by Crippen LogP contribution is -2.53. The van der Waals surface area contributed by atoms with Crippen molar-refractivity contribution in [3.63, 3.8) is 0 Å². The number of carbonyl (C=O) groups excluding carboxylic acids is 1. The monoisotopic (exact) mass is 349 g/mol. The zero-order valence-electron chi connectivity index (χ0n) is 15.6. The number of benzene rings is 1. The topological polar surface area (TPSA) is 49.8 Å². The fraction of sp³-hybridized carbons (Fsp3) is 0.632. The van der Waals surface area contributed by atoms with Crippen LogP contribution in [0.4, 0.5) is 0 Å². The zero-order chi connectivity index (χ0) is 18.0. The number of likely N-dealkylation sites (tertiary alicyclic amines) is 1. The number of hydrogen-bond acceptors (Lipinski definition) is 3. The van der Waals surface area contributed by atoms with Crippen molar-refractivity contribution < 1.29 is 14.3 Å². The van der Waals surface area contributed by atoms with Gasteiger partial charge in [-0.15, -0.1) is 0 Å². The van der Waals surface area contributed by atoms with E-state index >= 15 is 0 Å². The standard InChI is InChI=1S/C19H31NO3Si/c1-19(2,3)24(4,5)23-14-17(21)11-16-12-18(22)20(16)13-15-9-7-6-8-10-15/h6-10,16-17,21H,11-14H2,1-5H3/t16-,17+/m1/s1. The minimum absolute atomic E-state index is 0.121. The van der Waals surface area contributed by atoms with Gasteiger partial charge in [-0.3, -0.25) is 4.79 Å². The van der Waals surface area contributed by atoms with E-state index in [0.717, 1.165) is 5.56 Å². The smallest absolute Gasteiger partial charge is 0.225 e. The van der Waals surface area contributed by atoms with Crippen LogP contribution in [0.25, 0.3) is 0 Å². The molecular weight excluding hydrogens is 318 g/mol. The van der Waals surface area contributed by atoms with Gasteiger partial charge in [-0.2, -0.15) is 0 Å². The van der Waals surface area contributed by atoms with Gasteiger partial charge in [-0.05, 0) is 30.1 Å². The molecular formula is C19H31NO3Si. The predicted molar refractivity (Wildman–Crippen MR) is 99.2 cm³/mol. The second-order valence-corrected chi connectivity index (χ2v) is 13.1.